The van der Waals surface area contributed by atoms with E-state index in [1.54, 1.807) is 12.3 Å². The van der Waals surface area contributed by atoms with Crippen LogP contribution in [0.5, 0.6) is 0 Å². The predicted molar refractivity (Wildman–Crippen MR) is 60.1 cm³/mol. The highest BCUT2D eigenvalue weighted by atomic mass is 16.3. The Balaban J connectivity index is 1.97. The van der Waals surface area contributed by atoms with Gasteiger partial charge >= 0.3 is 0 Å². The molecule has 1 aliphatic rings. The van der Waals surface area contributed by atoms with Gasteiger partial charge in [-0.25, -0.2) is 0 Å². The summed E-state index contributed by atoms with van der Waals surface area (Å²) in [5, 5.41) is 5.86. The first-order valence-electron chi connectivity index (χ1n) is 5.04. The molecule has 0 spiro atoms. The van der Waals surface area contributed by atoms with E-state index >= 15 is 0 Å². The van der Waals surface area contributed by atoms with Gasteiger partial charge in [-0.3, -0.25) is 4.79 Å². The van der Waals surface area contributed by atoms with Gasteiger partial charge < -0.3 is 15.1 Å². The number of nitrogens with one attached hydrogen (secondary N) is 2. The van der Waals surface area contributed by atoms with Crippen LogP contribution in [-0.4, -0.2) is 5.91 Å². The smallest absolute Gasteiger partial charge is 0.251 e. The molecule has 1 unspecified atom stereocenters. The SMILES string of the molecule is O=C1Nc2ccoc2NC1c1ccccc1. The summed E-state index contributed by atoms with van der Waals surface area (Å²) >= 11 is 0. The van der Waals surface area contributed by atoms with Crippen LogP contribution >= 0.6 is 0 Å². The maximum Gasteiger partial charge on any atom is 0.251 e. The van der Waals surface area contributed by atoms with Crippen LogP contribution in [-0.2, 0) is 4.79 Å². The molecule has 0 radical (unpaired) electrons. The Bertz CT molecular complexity index is 519. The van der Waals surface area contributed by atoms with Gasteiger partial charge in [-0.2, -0.15) is 0 Å². The largest absolute Gasteiger partial charge is 0.447 e. The molecular formula is C12H10N2O2. The zero-order valence-corrected chi connectivity index (χ0v) is 8.44. The van der Waals surface area contributed by atoms with Crippen LogP contribution in [0.1, 0.15) is 11.6 Å². The molecular weight excluding hydrogens is 204 g/mol. The lowest BCUT2D eigenvalue weighted by atomic mass is 10.0. The topological polar surface area (TPSA) is 54.3 Å². The van der Waals surface area contributed by atoms with Crippen LogP contribution in [0.2, 0.25) is 0 Å². The highest BCUT2D eigenvalue weighted by Crippen LogP contribution is 2.32. The second-order valence-corrected chi connectivity index (χ2v) is 3.64. The third-order valence-corrected chi connectivity index (χ3v) is 2.59. The van der Waals surface area contributed by atoms with E-state index in [2.05, 4.69) is 10.6 Å². The Morgan fingerprint density at radius 3 is 2.75 bits per heavy atom. The van der Waals surface area contributed by atoms with E-state index in [1.165, 1.54) is 0 Å². The van der Waals surface area contributed by atoms with Crippen molar-refractivity contribution >= 4 is 17.5 Å². The van der Waals surface area contributed by atoms with Crippen molar-refractivity contribution in [2.45, 2.75) is 6.04 Å². The molecule has 0 aliphatic carbocycles. The summed E-state index contributed by atoms with van der Waals surface area (Å²) in [7, 11) is 0. The zero-order chi connectivity index (χ0) is 11.0. The van der Waals surface area contributed by atoms with Crippen molar-refractivity contribution in [1.82, 2.24) is 0 Å². The predicted octanol–water partition coefficient (Wildman–Crippen LogP) is 2.38. The van der Waals surface area contributed by atoms with Gasteiger partial charge in [0.05, 0.1) is 6.26 Å². The molecule has 4 heteroatoms. The quantitative estimate of drug-likeness (QED) is 0.766. The minimum absolute atomic E-state index is 0.0694. The fourth-order valence-corrected chi connectivity index (χ4v) is 1.80. The molecule has 0 fully saturated rings. The van der Waals surface area contributed by atoms with Gasteiger partial charge in [0.15, 0.2) is 0 Å². The van der Waals surface area contributed by atoms with E-state index < -0.39 is 0 Å². The van der Waals surface area contributed by atoms with E-state index in [9.17, 15) is 4.79 Å². The number of rotatable bonds is 1. The highest BCUT2D eigenvalue weighted by Gasteiger charge is 2.28. The van der Waals surface area contributed by atoms with Crippen LogP contribution in [0, 0.1) is 0 Å². The fourth-order valence-electron chi connectivity index (χ4n) is 1.80. The number of benzene rings is 1. The first-order chi connectivity index (χ1) is 7.84. The number of furan rings is 1. The van der Waals surface area contributed by atoms with Gasteiger partial charge in [-0.05, 0) is 5.56 Å². The summed E-state index contributed by atoms with van der Waals surface area (Å²) in [6.07, 6.45) is 1.55. The number of carbonyl (C=O) groups excluding carboxylic acids is 1. The summed E-state index contributed by atoms with van der Waals surface area (Å²) in [6, 6.07) is 10.9. The maximum absolute atomic E-state index is 11.8. The molecule has 0 saturated carbocycles. The number of anilines is 2. The summed E-state index contributed by atoms with van der Waals surface area (Å²) in [5.74, 6) is 0.536. The lowest BCUT2D eigenvalue weighted by molar-refractivity contribution is -0.117. The minimum atomic E-state index is -0.389. The van der Waals surface area contributed by atoms with Crippen molar-refractivity contribution in [2.24, 2.45) is 0 Å². The summed E-state index contributed by atoms with van der Waals surface area (Å²) < 4.78 is 5.23. The summed E-state index contributed by atoms with van der Waals surface area (Å²) in [5.41, 5.74) is 1.61. The molecule has 0 saturated heterocycles. The van der Waals surface area contributed by atoms with Crippen LogP contribution < -0.4 is 10.6 Å². The number of hydrogen-bond acceptors (Lipinski definition) is 3. The summed E-state index contributed by atoms with van der Waals surface area (Å²) in [4.78, 5) is 11.8. The molecule has 2 aromatic rings. The van der Waals surface area contributed by atoms with E-state index in [-0.39, 0.29) is 11.9 Å². The van der Waals surface area contributed by atoms with Crippen molar-refractivity contribution in [2.75, 3.05) is 10.6 Å². The number of fused-ring (bicyclic) bond motifs is 1. The molecule has 1 amide bonds. The average Bonchev–Trinajstić information content (AvgIpc) is 2.76. The van der Waals surface area contributed by atoms with Crippen molar-refractivity contribution in [3.8, 4) is 0 Å². The van der Waals surface area contributed by atoms with Crippen LogP contribution in [0.4, 0.5) is 11.6 Å². The second kappa shape index (κ2) is 3.41. The molecule has 4 nitrogen and oxygen atoms in total. The van der Waals surface area contributed by atoms with Crippen molar-refractivity contribution in [3.63, 3.8) is 0 Å². The maximum atomic E-state index is 11.8. The third-order valence-electron chi connectivity index (χ3n) is 2.59. The van der Waals surface area contributed by atoms with Crippen molar-refractivity contribution in [3.05, 3.63) is 48.2 Å². The molecule has 2 heterocycles. The Morgan fingerprint density at radius 2 is 1.94 bits per heavy atom. The van der Waals surface area contributed by atoms with Gasteiger partial charge in [-0.15, -0.1) is 0 Å². The third kappa shape index (κ3) is 1.35. The molecule has 3 rings (SSSR count). The van der Waals surface area contributed by atoms with Gasteiger partial charge in [0.2, 0.25) is 5.88 Å². The lowest BCUT2D eigenvalue weighted by Gasteiger charge is -2.23. The first-order valence-corrected chi connectivity index (χ1v) is 5.04. The second-order valence-electron chi connectivity index (χ2n) is 3.64. The zero-order valence-electron chi connectivity index (χ0n) is 8.44. The van der Waals surface area contributed by atoms with Crippen LogP contribution in [0.15, 0.2) is 47.1 Å². The standard InChI is InChI=1S/C12H10N2O2/c15-11-10(8-4-2-1-3-5-8)14-12-9(13-11)6-7-16-12/h1-7,10,14H,(H,13,15). The van der Waals surface area contributed by atoms with E-state index in [1.807, 2.05) is 30.3 Å². The highest BCUT2D eigenvalue weighted by molar-refractivity contribution is 6.02. The molecule has 80 valence electrons. The van der Waals surface area contributed by atoms with E-state index in [0.717, 1.165) is 5.56 Å². The Kier molecular flexibility index (Phi) is 1.93. The normalized spacial score (nSPS) is 18.5. The number of carbonyl (C=O) groups is 1. The molecule has 2 N–H and O–H groups in total. The molecule has 1 aromatic carbocycles. The molecule has 0 bridgehead atoms. The van der Waals surface area contributed by atoms with Crippen LogP contribution in [0.25, 0.3) is 0 Å². The average molecular weight is 214 g/mol. The summed E-state index contributed by atoms with van der Waals surface area (Å²) in [6.45, 7) is 0. The van der Waals surface area contributed by atoms with Gasteiger partial charge in [0, 0.05) is 6.07 Å². The molecule has 16 heavy (non-hydrogen) atoms. The Labute approximate surface area is 92.3 Å². The fraction of sp³-hybridized carbons (Fsp3) is 0.0833. The number of hydrogen-bond donors (Lipinski definition) is 2. The first kappa shape index (κ1) is 9.03. The molecule has 1 atom stereocenters. The minimum Gasteiger partial charge on any atom is -0.447 e. The van der Waals surface area contributed by atoms with Crippen LogP contribution in [0.3, 0.4) is 0 Å². The van der Waals surface area contributed by atoms with Gasteiger partial charge in [0.25, 0.3) is 5.91 Å². The van der Waals surface area contributed by atoms with Gasteiger partial charge in [-0.1, -0.05) is 30.3 Å². The van der Waals surface area contributed by atoms with Crippen molar-refractivity contribution < 1.29 is 9.21 Å². The molecule has 1 aromatic heterocycles. The Hall–Kier alpha value is -2.23. The van der Waals surface area contributed by atoms with Gasteiger partial charge in [0.1, 0.15) is 11.7 Å². The van der Waals surface area contributed by atoms with E-state index in [0.29, 0.717) is 11.6 Å². The monoisotopic (exact) mass is 214 g/mol. The van der Waals surface area contributed by atoms with Crippen molar-refractivity contribution in [1.29, 1.82) is 0 Å². The number of amides is 1. The molecule has 1 aliphatic heterocycles. The van der Waals surface area contributed by atoms with E-state index in [4.69, 9.17) is 4.42 Å². The Morgan fingerprint density at radius 1 is 1.12 bits per heavy atom. The lowest BCUT2D eigenvalue weighted by Crippen LogP contribution is -2.31.